The third-order valence-electron chi connectivity index (χ3n) is 5.52. The Morgan fingerprint density at radius 2 is 1.70 bits per heavy atom. The number of nitrogens with zero attached hydrogens (tertiary/aromatic N) is 4. The minimum atomic E-state index is -0.0166. The van der Waals surface area contributed by atoms with Gasteiger partial charge in [0.2, 0.25) is 5.88 Å². The van der Waals surface area contributed by atoms with E-state index in [-0.39, 0.29) is 24.1 Å². The molecule has 6 nitrogen and oxygen atoms in total. The molecular weight excluding hydrogens is 340 g/mol. The van der Waals surface area contributed by atoms with Gasteiger partial charge in [-0.25, -0.2) is 9.97 Å². The van der Waals surface area contributed by atoms with Crippen LogP contribution in [0.1, 0.15) is 36.2 Å². The smallest absolute Gasteiger partial charge is 0.274 e. The Labute approximate surface area is 157 Å². The first-order valence-electron chi connectivity index (χ1n) is 9.40. The summed E-state index contributed by atoms with van der Waals surface area (Å²) in [5.41, 5.74) is 1.98. The van der Waals surface area contributed by atoms with Crippen LogP contribution in [0.2, 0.25) is 0 Å². The van der Waals surface area contributed by atoms with Gasteiger partial charge in [-0.2, -0.15) is 0 Å². The third kappa shape index (κ3) is 3.01. The highest BCUT2D eigenvalue weighted by Gasteiger charge is 2.44. The molecule has 0 spiro atoms. The van der Waals surface area contributed by atoms with Gasteiger partial charge in [-0.15, -0.1) is 0 Å². The highest BCUT2D eigenvalue weighted by Crippen LogP contribution is 2.38. The fraction of sp³-hybridized carbons (Fsp3) is 0.333. The molecule has 2 unspecified atom stereocenters. The van der Waals surface area contributed by atoms with Crippen molar-refractivity contribution < 1.29 is 9.53 Å². The topological polar surface area (TPSA) is 68.2 Å². The molecule has 6 heteroatoms. The molecule has 27 heavy (non-hydrogen) atoms. The minimum absolute atomic E-state index is 0.0166. The number of para-hydroxylation sites is 2. The number of hydrogen-bond donors (Lipinski definition) is 0. The molecule has 1 amide bonds. The van der Waals surface area contributed by atoms with Gasteiger partial charge in [-0.3, -0.25) is 9.78 Å². The van der Waals surface area contributed by atoms with Crippen LogP contribution in [-0.2, 0) is 0 Å². The van der Waals surface area contributed by atoms with Crippen molar-refractivity contribution in [3.05, 3.63) is 60.6 Å². The van der Waals surface area contributed by atoms with Gasteiger partial charge in [0.25, 0.3) is 5.91 Å². The molecule has 136 valence electrons. The second-order valence-electron chi connectivity index (χ2n) is 7.22. The number of rotatable bonds is 3. The van der Waals surface area contributed by atoms with E-state index in [9.17, 15) is 4.79 Å². The lowest BCUT2D eigenvalue weighted by atomic mass is 9.99. The Kier molecular flexibility index (Phi) is 3.96. The number of hydrogen-bond acceptors (Lipinski definition) is 5. The van der Waals surface area contributed by atoms with Crippen molar-refractivity contribution in [1.82, 2.24) is 19.9 Å². The highest BCUT2D eigenvalue weighted by atomic mass is 16.5. The summed E-state index contributed by atoms with van der Waals surface area (Å²) < 4.78 is 6.05. The Morgan fingerprint density at radius 3 is 2.44 bits per heavy atom. The number of carbonyl (C=O) groups excluding carboxylic acids is 1. The van der Waals surface area contributed by atoms with Crippen molar-refractivity contribution >= 4 is 16.9 Å². The lowest BCUT2D eigenvalue weighted by molar-refractivity contribution is 0.0343. The summed E-state index contributed by atoms with van der Waals surface area (Å²) in [4.78, 5) is 28.3. The standard InChI is InChI=1S/C21H20N4O2/c26-21(19-13-23-17-5-1-2-6-18(17)24-19)25-14-8-9-15(25)12-16(11-14)27-20-7-3-4-10-22-20/h1-7,10,13-16H,8-9,11-12H2. The maximum absolute atomic E-state index is 13.1. The van der Waals surface area contributed by atoms with Gasteiger partial charge in [0.05, 0.1) is 17.2 Å². The van der Waals surface area contributed by atoms with Gasteiger partial charge in [-0.1, -0.05) is 18.2 Å². The maximum atomic E-state index is 13.1. The average molecular weight is 360 g/mol. The fourth-order valence-electron chi connectivity index (χ4n) is 4.34. The first-order chi connectivity index (χ1) is 13.3. The summed E-state index contributed by atoms with van der Waals surface area (Å²) >= 11 is 0. The minimum Gasteiger partial charge on any atom is -0.474 e. The summed E-state index contributed by atoms with van der Waals surface area (Å²) in [5.74, 6) is 0.638. The normalized spacial score (nSPS) is 24.1. The largest absolute Gasteiger partial charge is 0.474 e. The second-order valence-corrected chi connectivity index (χ2v) is 7.22. The van der Waals surface area contributed by atoms with E-state index in [0.29, 0.717) is 11.6 Å². The number of fused-ring (bicyclic) bond motifs is 3. The van der Waals surface area contributed by atoms with E-state index in [1.54, 1.807) is 12.4 Å². The summed E-state index contributed by atoms with van der Waals surface area (Å²) in [6.45, 7) is 0. The molecule has 0 N–H and O–H groups in total. The van der Waals surface area contributed by atoms with Gasteiger partial charge in [0.15, 0.2) is 0 Å². The molecule has 2 aliphatic rings. The van der Waals surface area contributed by atoms with Crippen LogP contribution in [-0.4, -0.2) is 43.9 Å². The van der Waals surface area contributed by atoms with Crippen LogP contribution < -0.4 is 4.74 Å². The van der Waals surface area contributed by atoms with Crippen LogP contribution in [0.3, 0.4) is 0 Å². The first-order valence-corrected chi connectivity index (χ1v) is 9.40. The van der Waals surface area contributed by atoms with Crippen molar-refractivity contribution in [2.45, 2.75) is 43.9 Å². The van der Waals surface area contributed by atoms with Gasteiger partial charge >= 0.3 is 0 Å². The van der Waals surface area contributed by atoms with Crippen molar-refractivity contribution in [3.63, 3.8) is 0 Å². The van der Waals surface area contributed by atoms with Crippen molar-refractivity contribution in [3.8, 4) is 5.88 Å². The quantitative estimate of drug-likeness (QED) is 0.717. The molecular formula is C21H20N4O2. The molecule has 3 aromatic rings. The van der Waals surface area contributed by atoms with Crippen molar-refractivity contribution in [2.24, 2.45) is 0 Å². The monoisotopic (exact) mass is 360 g/mol. The van der Waals surface area contributed by atoms with Gasteiger partial charge in [0.1, 0.15) is 11.8 Å². The summed E-state index contributed by atoms with van der Waals surface area (Å²) in [6, 6.07) is 13.7. The van der Waals surface area contributed by atoms with Crippen LogP contribution in [0.4, 0.5) is 0 Å². The molecule has 1 aromatic carbocycles. The molecule has 2 fully saturated rings. The predicted molar refractivity (Wildman–Crippen MR) is 100 cm³/mol. The molecule has 2 saturated heterocycles. The number of piperidine rings is 1. The predicted octanol–water partition coefficient (Wildman–Crippen LogP) is 3.24. The zero-order chi connectivity index (χ0) is 18.2. The van der Waals surface area contributed by atoms with Gasteiger partial charge < -0.3 is 9.64 Å². The Morgan fingerprint density at radius 1 is 0.963 bits per heavy atom. The van der Waals surface area contributed by atoms with E-state index in [2.05, 4.69) is 15.0 Å². The molecule has 5 rings (SSSR count). The maximum Gasteiger partial charge on any atom is 0.274 e. The highest BCUT2D eigenvalue weighted by molar-refractivity contribution is 5.94. The van der Waals surface area contributed by atoms with Crippen LogP contribution in [0.15, 0.2) is 54.9 Å². The lowest BCUT2D eigenvalue weighted by Crippen LogP contribution is -2.49. The van der Waals surface area contributed by atoms with Gasteiger partial charge in [-0.05, 0) is 31.0 Å². The molecule has 2 atom stereocenters. The Balaban J connectivity index is 1.34. The van der Waals surface area contributed by atoms with E-state index < -0.39 is 0 Å². The number of benzene rings is 1. The summed E-state index contributed by atoms with van der Waals surface area (Å²) in [7, 11) is 0. The number of carbonyl (C=O) groups is 1. The van der Waals surface area contributed by atoms with Crippen LogP contribution in [0, 0.1) is 0 Å². The fourth-order valence-corrected chi connectivity index (χ4v) is 4.34. The molecule has 2 bridgehead atoms. The zero-order valence-electron chi connectivity index (χ0n) is 14.9. The van der Waals surface area contributed by atoms with Crippen LogP contribution >= 0.6 is 0 Å². The molecule has 0 radical (unpaired) electrons. The number of ether oxygens (including phenoxy) is 1. The third-order valence-corrected chi connectivity index (χ3v) is 5.52. The number of amides is 1. The summed E-state index contributed by atoms with van der Waals surface area (Å²) in [6.07, 6.45) is 7.13. The van der Waals surface area contributed by atoms with Crippen LogP contribution in [0.25, 0.3) is 11.0 Å². The number of pyridine rings is 1. The van der Waals surface area contributed by atoms with E-state index in [4.69, 9.17) is 4.74 Å². The Hall–Kier alpha value is -3.02. The van der Waals surface area contributed by atoms with E-state index in [0.717, 1.165) is 36.7 Å². The van der Waals surface area contributed by atoms with E-state index in [1.165, 1.54) is 0 Å². The second kappa shape index (κ2) is 6.61. The average Bonchev–Trinajstić information content (AvgIpc) is 2.98. The summed E-state index contributed by atoms with van der Waals surface area (Å²) in [5, 5.41) is 0. The SMILES string of the molecule is O=C(c1cnc2ccccc2n1)N1C2CCC1CC(Oc1ccccn1)C2. The van der Waals surface area contributed by atoms with Crippen molar-refractivity contribution in [2.75, 3.05) is 0 Å². The first kappa shape index (κ1) is 16.2. The molecule has 0 aliphatic carbocycles. The molecule has 2 aromatic heterocycles. The molecule has 0 saturated carbocycles. The lowest BCUT2D eigenvalue weighted by Gasteiger charge is -2.38. The Bertz CT molecular complexity index is 964. The molecule has 2 aliphatic heterocycles. The van der Waals surface area contributed by atoms with Gasteiger partial charge in [0, 0.05) is 37.2 Å². The zero-order valence-corrected chi connectivity index (χ0v) is 14.9. The van der Waals surface area contributed by atoms with Crippen LogP contribution in [0.5, 0.6) is 5.88 Å². The van der Waals surface area contributed by atoms with Crippen molar-refractivity contribution in [1.29, 1.82) is 0 Å². The molecule has 4 heterocycles. The van der Waals surface area contributed by atoms with E-state index >= 15 is 0 Å². The van der Waals surface area contributed by atoms with E-state index in [1.807, 2.05) is 47.4 Å². The number of aromatic nitrogens is 3.